The summed E-state index contributed by atoms with van der Waals surface area (Å²) in [5, 5.41) is 3.39. The van der Waals surface area contributed by atoms with E-state index >= 15 is 0 Å². The van der Waals surface area contributed by atoms with E-state index in [0.717, 1.165) is 35.6 Å². The number of benzene rings is 2. The van der Waals surface area contributed by atoms with E-state index in [9.17, 15) is 4.21 Å². The van der Waals surface area contributed by atoms with Gasteiger partial charge < -0.3 is 10.1 Å². The second kappa shape index (κ2) is 7.47. The highest BCUT2D eigenvalue weighted by Crippen LogP contribution is 2.26. The predicted molar refractivity (Wildman–Crippen MR) is 88.0 cm³/mol. The Morgan fingerprint density at radius 1 is 1.09 bits per heavy atom. The minimum absolute atomic E-state index is 0.357. The van der Waals surface area contributed by atoms with Crippen LogP contribution in [0.2, 0.25) is 0 Å². The fourth-order valence-electron chi connectivity index (χ4n) is 2.47. The van der Waals surface area contributed by atoms with E-state index in [2.05, 4.69) is 17.4 Å². The highest BCUT2D eigenvalue weighted by molar-refractivity contribution is 7.65. The van der Waals surface area contributed by atoms with Gasteiger partial charge >= 0.3 is 11.7 Å². The van der Waals surface area contributed by atoms with Gasteiger partial charge in [0.25, 0.3) is 4.90 Å². The van der Waals surface area contributed by atoms with Crippen molar-refractivity contribution in [2.75, 3.05) is 0 Å². The molecule has 0 heterocycles. The Labute approximate surface area is 135 Å². The molecule has 0 unspecified atom stereocenters. The minimum atomic E-state index is 0.357. The van der Waals surface area contributed by atoms with Crippen molar-refractivity contribution in [2.45, 2.75) is 43.4 Å². The van der Waals surface area contributed by atoms with E-state index in [1.165, 1.54) is 12.0 Å². The molecular weight excluding hydrogens is 294 g/mol. The number of rotatable bonds is 7. The standard InChI is InChI=1S/C18H20NO2S/c20-22-18-10-9-17(21-16-7-4-8-16)11-15(18)13-19-12-14-5-2-1-3-6-14/h1-3,5-6,9-11,16,19H,4,7-8,12-13H2/q+1. The molecule has 114 valence electrons. The molecule has 2 aromatic carbocycles. The van der Waals surface area contributed by atoms with Crippen LogP contribution in [0.3, 0.4) is 0 Å². The summed E-state index contributed by atoms with van der Waals surface area (Å²) >= 11 is 0.543. The monoisotopic (exact) mass is 314 g/mol. The Morgan fingerprint density at radius 3 is 2.59 bits per heavy atom. The molecule has 22 heavy (non-hydrogen) atoms. The average molecular weight is 314 g/mol. The highest BCUT2D eigenvalue weighted by atomic mass is 32.1. The minimum Gasteiger partial charge on any atom is -0.490 e. The van der Waals surface area contributed by atoms with Gasteiger partial charge in [-0.2, -0.15) is 0 Å². The first-order valence-electron chi connectivity index (χ1n) is 7.69. The lowest BCUT2D eigenvalue weighted by molar-refractivity contribution is 0.120. The van der Waals surface area contributed by atoms with Crippen LogP contribution in [-0.4, -0.2) is 6.10 Å². The van der Waals surface area contributed by atoms with Gasteiger partial charge in [0.2, 0.25) is 0 Å². The van der Waals surface area contributed by atoms with Gasteiger partial charge in [-0.1, -0.05) is 30.3 Å². The van der Waals surface area contributed by atoms with Gasteiger partial charge in [0, 0.05) is 28.9 Å². The third-order valence-electron chi connectivity index (χ3n) is 3.96. The van der Waals surface area contributed by atoms with E-state index in [1.54, 1.807) is 0 Å². The molecule has 1 aliphatic carbocycles. The van der Waals surface area contributed by atoms with Gasteiger partial charge in [0.05, 0.1) is 6.10 Å². The van der Waals surface area contributed by atoms with Crippen molar-refractivity contribution in [1.82, 2.24) is 5.32 Å². The maximum absolute atomic E-state index is 11.2. The molecule has 1 N–H and O–H groups in total. The van der Waals surface area contributed by atoms with Crippen molar-refractivity contribution in [3.8, 4) is 5.75 Å². The van der Waals surface area contributed by atoms with Gasteiger partial charge in [0.1, 0.15) is 5.75 Å². The Hall–Kier alpha value is -1.78. The molecule has 0 aromatic heterocycles. The molecule has 3 nitrogen and oxygen atoms in total. The van der Waals surface area contributed by atoms with E-state index in [-0.39, 0.29) is 0 Å². The maximum Gasteiger partial charge on any atom is 0.505 e. The zero-order valence-electron chi connectivity index (χ0n) is 12.5. The lowest BCUT2D eigenvalue weighted by Crippen LogP contribution is -2.24. The summed E-state index contributed by atoms with van der Waals surface area (Å²) in [7, 11) is 0. The van der Waals surface area contributed by atoms with Crippen LogP contribution in [0, 0.1) is 0 Å². The Balaban J connectivity index is 1.62. The van der Waals surface area contributed by atoms with Crippen molar-refractivity contribution in [1.29, 1.82) is 0 Å². The molecule has 0 amide bonds. The van der Waals surface area contributed by atoms with E-state index in [4.69, 9.17) is 4.74 Å². The van der Waals surface area contributed by atoms with Crippen molar-refractivity contribution < 1.29 is 8.95 Å². The van der Waals surface area contributed by atoms with Gasteiger partial charge in [-0.3, -0.25) is 0 Å². The lowest BCUT2D eigenvalue weighted by atomic mass is 9.96. The second-order valence-corrected chi connectivity index (χ2v) is 6.22. The highest BCUT2D eigenvalue weighted by Gasteiger charge is 2.21. The molecule has 0 bridgehead atoms. The van der Waals surface area contributed by atoms with Crippen LogP contribution in [0.25, 0.3) is 0 Å². The van der Waals surface area contributed by atoms with Crippen LogP contribution < -0.4 is 10.1 Å². The first-order valence-corrected chi connectivity index (χ1v) is 8.43. The second-order valence-electron chi connectivity index (χ2n) is 5.61. The van der Waals surface area contributed by atoms with Gasteiger partial charge in [-0.15, -0.1) is 0 Å². The topological polar surface area (TPSA) is 38.3 Å². The van der Waals surface area contributed by atoms with Crippen molar-refractivity contribution in [2.24, 2.45) is 0 Å². The summed E-state index contributed by atoms with van der Waals surface area (Å²) in [6, 6.07) is 16.0. The van der Waals surface area contributed by atoms with Crippen LogP contribution in [0.1, 0.15) is 30.4 Å². The van der Waals surface area contributed by atoms with Crippen molar-refractivity contribution in [3.05, 3.63) is 59.7 Å². The molecule has 1 fully saturated rings. The third kappa shape index (κ3) is 3.90. The Kier molecular flexibility index (Phi) is 5.14. The molecule has 0 radical (unpaired) electrons. The number of ether oxygens (including phenoxy) is 1. The molecule has 0 aliphatic heterocycles. The summed E-state index contributed by atoms with van der Waals surface area (Å²) in [5.74, 6) is 0.874. The molecular formula is C18H20NO2S+. The molecule has 2 aromatic rings. The summed E-state index contributed by atoms with van der Waals surface area (Å²) < 4.78 is 17.2. The fraction of sp³-hybridized carbons (Fsp3) is 0.333. The molecule has 3 rings (SSSR count). The Bertz CT molecular complexity index is 626. The normalized spacial score (nSPS) is 14.4. The molecule has 4 heteroatoms. The largest absolute Gasteiger partial charge is 0.505 e. The van der Waals surface area contributed by atoms with Gasteiger partial charge in [-0.25, -0.2) is 0 Å². The molecule has 0 atom stereocenters. The molecule has 1 saturated carbocycles. The number of nitrogens with one attached hydrogen (secondary N) is 1. The van der Waals surface area contributed by atoms with Crippen LogP contribution in [0.15, 0.2) is 53.4 Å². The summed E-state index contributed by atoms with van der Waals surface area (Å²) in [5.41, 5.74) is 2.24. The summed E-state index contributed by atoms with van der Waals surface area (Å²) in [4.78, 5) is 0.765. The summed E-state index contributed by atoms with van der Waals surface area (Å²) in [6.45, 7) is 1.46. The van der Waals surface area contributed by atoms with Gasteiger partial charge in [0.15, 0.2) is 0 Å². The van der Waals surface area contributed by atoms with Crippen LogP contribution in [0.5, 0.6) is 5.75 Å². The lowest BCUT2D eigenvalue weighted by Gasteiger charge is -2.26. The maximum atomic E-state index is 11.2. The first-order chi connectivity index (χ1) is 10.8. The SMILES string of the molecule is O=[S+]c1ccc(OC2CCC2)cc1CNCc1ccccc1. The third-order valence-corrected chi connectivity index (χ3v) is 4.54. The Morgan fingerprint density at radius 2 is 1.91 bits per heavy atom. The molecule has 0 spiro atoms. The predicted octanol–water partition coefficient (Wildman–Crippen LogP) is 3.69. The van der Waals surface area contributed by atoms with E-state index in [0.29, 0.717) is 24.3 Å². The summed E-state index contributed by atoms with van der Waals surface area (Å²) in [6.07, 6.45) is 3.89. The smallest absolute Gasteiger partial charge is 0.490 e. The van der Waals surface area contributed by atoms with Crippen molar-refractivity contribution >= 4 is 11.7 Å². The van der Waals surface area contributed by atoms with E-state index < -0.39 is 0 Å². The zero-order chi connectivity index (χ0) is 15.2. The number of hydrogen-bond acceptors (Lipinski definition) is 3. The van der Waals surface area contributed by atoms with Crippen molar-refractivity contribution in [3.63, 3.8) is 0 Å². The van der Waals surface area contributed by atoms with Crippen LogP contribution in [-0.2, 0) is 29.0 Å². The van der Waals surface area contributed by atoms with Crippen LogP contribution in [0.4, 0.5) is 0 Å². The zero-order valence-corrected chi connectivity index (χ0v) is 13.3. The quantitative estimate of drug-likeness (QED) is 0.792. The first kappa shape index (κ1) is 15.1. The van der Waals surface area contributed by atoms with Crippen LogP contribution >= 0.6 is 0 Å². The number of hydrogen-bond donors (Lipinski definition) is 1. The average Bonchev–Trinajstić information content (AvgIpc) is 2.52. The molecule has 1 aliphatic rings. The van der Waals surface area contributed by atoms with Gasteiger partial charge in [-0.05, 0) is 37.0 Å². The fourth-order valence-corrected chi connectivity index (χ4v) is 2.83. The molecule has 0 saturated heterocycles. The van der Waals surface area contributed by atoms with E-state index in [1.807, 2.05) is 36.4 Å².